The van der Waals surface area contributed by atoms with E-state index in [9.17, 15) is 13.2 Å². The number of nitrogens with zero attached hydrogens (tertiary/aromatic N) is 2. The predicted octanol–water partition coefficient (Wildman–Crippen LogP) is 2.84. The minimum atomic E-state index is -3.70. The number of aryl methyl sites for hydroxylation is 1. The Morgan fingerprint density at radius 2 is 2.04 bits per heavy atom. The van der Waals surface area contributed by atoms with Crippen LogP contribution in [0.5, 0.6) is 0 Å². The third kappa shape index (κ3) is 4.24. The molecule has 1 N–H and O–H groups in total. The number of carbonyl (C=O) groups is 1. The van der Waals surface area contributed by atoms with Gasteiger partial charge >= 0.3 is 0 Å². The molecule has 6 nitrogen and oxygen atoms in total. The van der Waals surface area contributed by atoms with Crippen LogP contribution in [0.2, 0.25) is 5.02 Å². The van der Waals surface area contributed by atoms with E-state index >= 15 is 0 Å². The van der Waals surface area contributed by atoms with Crippen molar-refractivity contribution in [2.45, 2.75) is 19.9 Å². The fourth-order valence-electron chi connectivity index (χ4n) is 2.28. The second-order valence-electron chi connectivity index (χ2n) is 5.40. The highest BCUT2D eigenvalue weighted by molar-refractivity contribution is 7.92. The lowest BCUT2D eigenvalue weighted by atomic mass is 10.1. The molecular weight excluding hydrogens is 350 g/mol. The molecule has 24 heavy (non-hydrogen) atoms. The number of carbonyl (C=O) groups excluding carboxylic acids is 1. The molecule has 0 spiro atoms. The first-order valence-electron chi connectivity index (χ1n) is 7.16. The van der Waals surface area contributed by atoms with Crippen LogP contribution in [-0.2, 0) is 14.8 Å². The van der Waals surface area contributed by atoms with Gasteiger partial charge in [0.1, 0.15) is 6.04 Å². The number of sulfonamides is 1. The van der Waals surface area contributed by atoms with Gasteiger partial charge in [-0.1, -0.05) is 17.7 Å². The van der Waals surface area contributed by atoms with Gasteiger partial charge in [-0.25, -0.2) is 8.42 Å². The van der Waals surface area contributed by atoms with Gasteiger partial charge in [-0.2, -0.15) is 0 Å². The Kier molecular flexibility index (Phi) is 5.46. The van der Waals surface area contributed by atoms with Crippen molar-refractivity contribution in [2.24, 2.45) is 0 Å². The van der Waals surface area contributed by atoms with E-state index in [1.807, 2.05) is 0 Å². The maximum atomic E-state index is 12.5. The first kappa shape index (κ1) is 18.2. The van der Waals surface area contributed by atoms with Crippen molar-refractivity contribution in [1.29, 1.82) is 0 Å². The molecular formula is C16H18ClN3O3S. The van der Waals surface area contributed by atoms with Gasteiger partial charge in [-0.05, 0) is 43.7 Å². The molecule has 2 rings (SSSR count). The van der Waals surface area contributed by atoms with E-state index in [1.54, 1.807) is 37.4 Å². The Balaban J connectivity index is 2.38. The van der Waals surface area contributed by atoms with Crippen LogP contribution < -0.4 is 9.62 Å². The summed E-state index contributed by atoms with van der Waals surface area (Å²) < 4.78 is 25.6. The summed E-state index contributed by atoms with van der Waals surface area (Å²) in [7, 11) is -3.70. The van der Waals surface area contributed by atoms with Crippen molar-refractivity contribution in [3.05, 3.63) is 53.3 Å². The summed E-state index contributed by atoms with van der Waals surface area (Å²) in [5.41, 5.74) is 1.57. The molecule has 0 aliphatic carbocycles. The highest BCUT2D eigenvalue weighted by Crippen LogP contribution is 2.28. The lowest BCUT2D eigenvalue weighted by molar-refractivity contribution is -0.116. The molecule has 0 bridgehead atoms. The first-order valence-corrected chi connectivity index (χ1v) is 9.39. The fraction of sp³-hybridized carbons (Fsp3) is 0.250. The minimum absolute atomic E-state index is 0.374. The molecule has 8 heteroatoms. The summed E-state index contributed by atoms with van der Waals surface area (Å²) in [6.07, 6.45) is 4.12. The molecule has 0 aliphatic rings. The maximum Gasteiger partial charge on any atom is 0.248 e. The lowest BCUT2D eigenvalue weighted by Crippen LogP contribution is -2.45. The Morgan fingerprint density at radius 1 is 1.33 bits per heavy atom. The van der Waals surface area contributed by atoms with E-state index in [-0.39, 0.29) is 0 Å². The van der Waals surface area contributed by atoms with Crippen molar-refractivity contribution in [2.75, 3.05) is 15.9 Å². The smallest absolute Gasteiger partial charge is 0.248 e. The van der Waals surface area contributed by atoms with E-state index < -0.39 is 22.0 Å². The van der Waals surface area contributed by atoms with E-state index in [0.29, 0.717) is 22.0 Å². The molecule has 0 saturated heterocycles. The number of rotatable bonds is 5. The van der Waals surface area contributed by atoms with Crippen LogP contribution in [0, 0.1) is 6.92 Å². The van der Waals surface area contributed by atoms with Crippen molar-refractivity contribution >= 4 is 38.9 Å². The van der Waals surface area contributed by atoms with Gasteiger partial charge in [0, 0.05) is 11.2 Å². The van der Waals surface area contributed by atoms with Crippen LogP contribution in [0.1, 0.15) is 12.5 Å². The van der Waals surface area contributed by atoms with Gasteiger partial charge in [-0.3, -0.25) is 14.1 Å². The number of benzene rings is 1. The summed E-state index contributed by atoms with van der Waals surface area (Å²) >= 11 is 5.99. The highest BCUT2D eigenvalue weighted by atomic mass is 35.5. The van der Waals surface area contributed by atoms with E-state index in [1.165, 1.54) is 19.2 Å². The molecule has 0 fully saturated rings. The number of amides is 1. The van der Waals surface area contributed by atoms with E-state index in [0.717, 1.165) is 10.6 Å². The molecule has 2 aromatic rings. The Morgan fingerprint density at radius 3 is 2.62 bits per heavy atom. The van der Waals surface area contributed by atoms with Crippen LogP contribution in [0.4, 0.5) is 11.4 Å². The fourth-order valence-corrected chi connectivity index (χ4v) is 3.67. The van der Waals surface area contributed by atoms with Crippen molar-refractivity contribution in [1.82, 2.24) is 4.98 Å². The molecule has 0 unspecified atom stereocenters. The van der Waals surface area contributed by atoms with Gasteiger partial charge in [0.15, 0.2) is 0 Å². The molecule has 1 aromatic heterocycles. The van der Waals surface area contributed by atoms with Crippen LogP contribution in [0.25, 0.3) is 0 Å². The lowest BCUT2D eigenvalue weighted by Gasteiger charge is -2.29. The van der Waals surface area contributed by atoms with Crippen molar-refractivity contribution in [3.63, 3.8) is 0 Å². The number of nitrogens with one attached hydrogen (secondary N) is 1. The van der Waals surface area contributed by atoms with E-state index in [4.69, 9.17) is 11.6 Å². The first-order chi connectivity index (χ1) is 11.2. The molecule has 1 aromatic carbocycles. The predicted molar refractivity (Wildman–Crippen MR) is 95.8 cm³/mol. The summed E-state index contributed by atoms with van der Waals surface area (Å²) in [5.74, 6) is -0.465. The van der Waals surface area contributed by atoms with Crippen LogP contribution in [-0.4, -0.2) is 31.6 Å². The maximum absolute atomic E-state index is 12.5. The normalized spacial score (nSPS) is 12.5. The summed E-state index contributed by atoms with van der Waals surface area (Å²) in [6, 6.07) is 7.30. The Hall–Kier alpha value is -2.12. The molecule has 0 aliphatic heterocycles. The van der Waals surface area contributed by atoms with Gasteiger partial charge in [0.2, 0.25) is 15.9 Å². The average Bonchev–Trinajstić information content (AvgIpc) is 2.50. The largest absolute Gasteiger partial charge is 0.323 e. The number of pyridine rings is 1. The van der Waals surface area contributed by atoms with E-state index in [2.05, 4.69) is 10.3 Å². The zero-order chi connectivity index (χ0) is 17.9. The van der Waals surface area contributed by atoms with Gasteiger partial charge in [0.25, 0.3) is 0 Å². The molecule has 1 amide bonds. The number of halogens is 1. The van der Waals surface area contributed by atoms with Gasteiger partial charge in [-0.15, -0.1) is 0 Å². The SMILES string of the molecule is Cc1ccc(Cl)cc1N([C@@H](C)C(=O)Nc1cccnc1)S(C)(=O)=O. The van der Waals surface area contributed by atoms with Crippen molar-refractivity contribution in [3.8, 4) is 0 Å². The van der Waals surface area contributed by atoms with Crippen molar-refractivity contribution < 1.29 is 13.2 Å². The molecule has 1 atom stereocenters. The van der Waals surface area contributed by atoms with Crippen LogP contribution in [0.15, 0.2) is 42.7 Å². The monoisotopic (exact) mass is 367 g/mol. The molecule has 0 radical (unpaired) electrons. The third-order valence-corrected chi connectivity index (χ3v) is 4.89. The molecule has 0 saturated carbocycles. The standard InChI is InChI=1S/C16H18ClN3O3S/c1-11-6-7-13(17)9-15(11)20(24(3,22)23)12(2)16(21)19-14-5-4-8-18-10-14/h4-10,12H,1-3H3,(H,19,21)/t12-/m0/s1. The number of hydrogen-bond acceptors (Lipinski definition) is 4. The summed E-state index contributed by atoms with van der Waals surface area (Å²) in [6.45, 7) is 3.28. The van der Waals surface area contributed by atoms with Gasteiger partial charge in [0.05, 0.1) is 23.8 Å². The minimum Gasteiger partial charge on any atom is -0.323 e. The quantitative estimate of drug-likeness (QED) is 0.881. The molecule has 128 valence electrons. The van der Waals surface area contributed by atoms with Crippen LogP contribution >= 0.6 is 11.6 Å². The van der Waals surface area contributed by atoms with Gasteiger partial charge < -0.3 is 5.32 Å². The second-order valence-corrected chi connectivity index (χ2v) is 7.69. The highest BCUT2D eigenvalue weighted by Gasteiger charge is 2.30. The number of hydrogen-bond donors (Lipinski definition) is 1. The zero-order valence-corrected chi connectivity index (χ0v) is 15.1. The summed E-state index contributed by atoms with van der Waals surface area (Å²) in [5, 5.41) is 3.05. The number of anilines is 2. The number of aromatic nitrogens is 1. The molecule has 1 heterocycles. The average molecular weight is 368 g/mol. The van der Waals surface area contributed by atoms with Crippen LogP contribution in [0.3, 0.4) is 0 Å². The Labute approximate surface area is 146 Å². The third-order valence-electron chi connectivity index (χ3n) is 3.43. The Bertz CT molecular complexity index is 841. The topological polar surface area (TPSA) is 79.4 Å². The zero-order valence-electron chi connectivity index (χ0n) is 13.5. The summed E-state index contributed by atoms with van der Waals surface area (Å²) in [4.78, 5) is 16.4. The second kappa shape index (κ2) is 7.19.